The highest BCUT2D eigenvalue weighted by Crippen LogP contribution is 2.29. The number of furan rings is 1. The smallest absolute Gasteiger partial charge is 0.275 e. The summed E-state index contributed by atoms with van der Waals surface area (Å²) in [5.74, 6) is -0.147. The first-order valence-electron chi connectivity index (χ1n) is 7.45. The highest BCUT2D eigenvalue weighted by atomic mass is 16.6. The third kappa shape index (κ3) is 3.30. The number of amides is 1. The number of aryl methyl sites for hydroxylation is 2. The minimum absolute atomic E-state index is 0.0662. The first kappa shape index (κ1) is 17.7. The number of nitro benzene ring substituents is 1. The molecule has 0 spiro atoms. The van der Waals surface area contributed by atoms with Crippen molar-refractivity contribution in [1.29, 1.82) is 0 Å². The Bertz CT molecular complexity index is 779. The first-order valence-corrected chi connectivity index (χ1v) is 7.45. The second-order valence-corrected chi connectivity index (χ2v) is 6.05. The summed E-state index contributed by atoms with van der Waals surface area (Å²) in [4.78, 5) is 23.2. The van der Waals surface area contributed by atoms with Crippen LogP contribution >= 0.6 is 0 Å². The van der Waals surface area contributed by atoms with Crippen LogP contribution in [0, 0.1) is 30.9 Å². The molecule has 0 saturated heterocycles. The molecule has 1 aromatic heterocycles. The van der Waals surface area contributed by atoms with E-state index in [1.807, 2.05) is 0 Å². The number of nitrogens with zero attached hydrogens (tertiary/aromatic N) is 1. The predicted molar refractivity (Wildman–Crippen MR) is 87.9 cm³/mol. The zero-order valence-electron chi connectivity index (χ0n) is 14.0. The fraction of sp³-hybridized carbons (Fsp3) is 0.353. The number of hydrogen-bond donors (Lipinski definition) is 2. The number of aliphatic hydroxyl groups is 1. The number of rotatable bonds is 5. The van der Waals surface area contributed by atoms with Crippen LogP contribution in [-0.4, -0.2) is 22.5 Å². The molecule has 0 fully saturated rings. The Morgan fingerprint density at radius 1 is 1.38 bits per heavy atom. The number of hydrogen-bond acceptors (Lipinski definition) is 5. The van der Waals surface area contributed by atoms with E-state index in [-0.39, 0.29) is 17.8 Å². The number of carbonyl (C=O) groups is 1. The molecule has 0 radical (unpaired) electrons. The van der Waals surface area contributed by atoms with Gasteiger partial charge in [0, 0.05) is 11.1 Å². The van der Waals surface area contributed by atoms with E-state index in [9.17, 15) is 20.0 Å². The van der Waals surface area contributed by atoms with Crippen LogP contribution in [0.25, 0.3) is 0 Å². The molecule has 1 amide bonds. The van der Waals surface area contributed by atoms with Gasteiger partial charge >= 0.3 is 0 Å². The Labute approximate surface area is 139 Å². The van der Waals surface area contributed by atoms with Crippen LogP contribution < -0.4 is 5.32 Å². The standard InChI is InChI=1S/C17H20N2O5/c1-10-8-11(2)15(19(22)23)12(3)14(10)16(20)18-9-17(4,21)13-6-5-7-24-13/h5-8,21H,9H2,1-4H3,(H,18,20). The molecule has 1 heterocycles. The van der Waals surface area contributed by atoms with Crippen LogP contribution in [0.4, 0.5) is 5.69 Å². The van der Waals surface area contributed by atoms with E-state index >= 15 is 0 Å². The molecule has 2 aromatic rings. The van der Waals surface area contributed by atoms with Gasteiger partial charge in [0.05, 0.1) is 23.3 Å². The van der Waals surface area contributed by atoms with Crippen molar-refractivity contribution in [2.24, 2.45) is 0 Å². The van der Waals surface area contributed by atoms with Crippen molar-refractivity contribution in [3.8, 4) is 0 Å². The lowest BCUT2D eigenvalue weighted by atomic mass is 9.96. The fourth-order valence-corrected chi connectivity index (χ4v) is 2.82. The quantitative estimate of drug-likeness (QED) is 0.647. The average molecular weight is 332 g/mol. The van der Waals surface area contributed by atoms with Gasteiger partial charge in [-0.15, -0.1) is 0 Å². The highest BCUT2D eigenvalue weighted by molar-refractivity contribution is 5.98. The maximum Gasteiger partial charge on any atom is 0.275 e. The molecule has 0 saturated carbocycles. The van der Waals surface area contributed by atoms with Crippen LogP contribution in [0.15, 0.2) is 28.9 Å². The van der Waals surface area contributed by atoms with Gasteiger partial charge in [-0.05, 0) is 51.5 Å². The van der Waals surface area contributed by atoms with Gasteiger partial charge in [-0.3, -0.25) is 14.9 Å². The molecule has 7 heteroatoms. The average Bonchev–Trinajstić information content (AvgIpc) is 2.99. The van der Waals surface area contributed by atoms with E-state index in [2.05, 4.69) is 5.32 Å². The second-order valence-electron chi connectivity index (χ2n) is 6.05. The first-order chi connectivity index (χ1) is 11.1. The van der Waals surface area contributed by atoms with Gasteiger partial charge in [0.2, 0.25) is 0 Å². The second kappa shape index (κ2) is 6.45. The van der Waals surface area contributed by atoms with Crippen LogP contribution in [-0.2, 0) is 5.60 Å². The summed E-state index contributed by atoms with van der Waals surface area (Å²) in [6.45, 7) is 6.35. The lowest BCUT2D eigenvalue weighted by Crippen LogP contribution is -2.38. The summed E-state index contributed by atoms with van der Waals surface area (Å²) in [5, 5.41) is 24.2. The molecule has 0 bridgehead atoms. The molecule has 128 valence electrons. The summed E-state index contributed by atoms with van der Waals surface area (Å²) < 4.78 is 5.16. The van der Waals surface area contributed by atoms with Gasteiger partial charge in [-0.1, -0.05) is 0 Å². The lowest BCUT2D eigenvalue weighted by molar-refractivity contribution is -0.386. The molecule has 1 unspecified atom stereocenters. The van der Waals surface area contributed by atoms with Crippen LogP contribution in [0.5, 0.6) is 0 Å². The molecule has 2 rings (SSSR count). The number of nitro groups is 1. The molecule has 7 nitrogen and oxygen atoms in total. The van der Waals surface area contributed by atoms with Crippen molar-refractivity contribution in [2.45, 2.75) is 33.3 Å². The van der Waals surface area contributed by atoms with E-state index in [4.69, 9.17) is 4.42 Å². The van der Waals surface area contributed by atoms with Gasteiger partial charge in [-0.2, -0.15) is 0 Å². The lowest BCUT2D eigenvalue weighted by Gasteiger charge is -2.22. The summed E-state index contributed by atoms with van der Waals surface area (Å²) >= 11 is 0. The van der Waals surface area contributed by atoms with Gasteiger partial charge < -0.3 is 14.8 Å². The summed E-state index contributed by atoms with van der Waals surface area (Å²) in [7, 11) is 0. The van der Waals surface area contributed by atoms with Crippen molar-refractivity contribution >= 4 is 11.6 Å². The molecule has 24 heavy (non-hydrogen) atoms. The Morgan fingerprint density at radius 2 is 2.04 bits per heavy atom. The summed E-state index contributed by atoms with van der Waals surface area (Å²) in [6, 6.07) is 4.87. The topological polar surface area (TPSA) is 106 Å². The molecular weight excluding hydrogens is 312 g/mol. The largest absolute Gasteiger partial charge is 0.466 e. The molecule has 1 atom stereocenters. The Kier molecular flexibility index (Phi) is 4.75. The number of carbonyl (C=O) groups excluding carboxylic acids is 1. The van der Waals surface area contributed by atoms with E-state index in [1.165, 1.54) is 13.2 Å². The monoisotopic (exact) mass is 332 g/mol. The van der Waals surface area contributed by atoms with Crippen molar-refractivity contribution in [2.75, 3.05) is 6.54 Å². The fourth-order valence-electron chi connectivity index (χ4n) is 2.82. The minimum Gasteiger partial charge on any atom is -0.466 e. The van der Waals surface area contributed by atoms with Crippen molar-refractivity contribution in [3.05, 3.63) is 62.6 Å². The third-order valence-corrected chi connectivity index (χ3v) is 3.99. The molecular formula is C17H20N2O5. The zero-order valence-corrected chi connectivity index (χ0v) is 14.0. The van der Waals surface area contributed by atoms with E-state index in [0.29, 0.717) is 22.5 Å². The number of nitrogens with one attached hydrogen (secondary N) is 1. The normalized spacial score (nSPS) is 13.4. The van der Waals surface area contributed by atoms with Crippen molar-refractivity contribution in [1.82, 2.24) is 5.32 Å². The molecule has 0 aliphatic heterocycles. The predicted octanol–water partition coefficient (Wildman–Crippen LogP) is 2.75. The number of benzene rings is 1. The maximum absolute atomic E-state index is 12.5. The molecule has 0 aliphatic rings. The van der Waals surface area contributed by atoms with Gasteiger partial charge in [0.15, 0.2) is 0 Å². The van der Waals surface area contributed by atoms with Crippen LogP contribution in [0.1, 0.15) is 39.7 Å². The van der Waals surface area contributed by atoms with Crippen LogP contribution in [0.2, 0.25) is 0 Å². The van der Waals surface area contributed by atoms with E-state index in [0.717, 1.165) is 0 Å². The minimum atomic E-state index is -1.38. The van der Waals surface area contributed by atoms with Gasteiger partial charge in [-0.25, -0.2) is 0 Å². The maximum atomic E-state index is 12.5. The third-order valence-electron chi connectivity index (χ3n) is 3.99. The van der Waals surface area contributed by atoms with E-state index in [1.54, 1.807) is 39.0 Å². The van der Waals surface area contributed by atoms with Crippen molar-refractivity contribution in [3.63, 3.8) is 0 Å². The zero-order chi connectivity index (χ0) is 18.1. The Hall–Kier alpha value is -2.67. The van der Waals surface area contributed by atoms with Gasteiger partial charge in [0.25, 0.3) is 11.6 Å². The van der Waals surface area contributed by atoms with Gasteiger partial charge in [0.1, 0.15) is 11.4 Å². The molecule has 0 aliphatic carbocycles. The van der Waals surface area contributed by atoms with Crippen LogP contribution in [0.3, 0.4) is 0 Å². The van der Waals surface area contributed by atoms with Crippen molar-refractivity contribution < 1.29 is 19.2 Å². The molecule has 2 N–H and O–H groups in total. The summed E-state index contributed by atoms with van der Waals surface area (Å²) in [5.41, 5.74) is 0.274. The highest BCUT2D eigenvalue weighted by Gasteiger charge is 2.29. The Balaban J connectivity index is 2.28. The molecule has 1 aromatic carbocycles. The van der Waals surface area contributed by atoms with E-state index < -0.39 is 16.4 Å². The Morgan fingerprint density at radius 3 is 2.58 bits per heavy atom. The summed E-state index contributed by atoms with van der Waals surface area (Å²) in [6.07, 6.45) is 1.43. The SMILES string of the molecule is Cc1cc(C)c([N+](=O)[O-])c(C)c1C(=O)NCC(C)(O)c1ccco1.